The van der Waals surface area contributed by atoms with Gasteiger partial charge < -0.3 is 20.9 Å². The molecule has 3 amide bonds. The molecule has 22 heavy (non-hydrogen) atoms. The van der Waals surface area contributed by atoms with Crippen molar-refractivity contribution >= 4 is 17.7 Å². The van der Waals surface area contributed by atoms with E-state index in [1.807, 2.05) is 25.9 Å². The van der Waals surface area contributed by atoms with Crippen LogP contribution in [0.25, 0.3) is 0 Å². The number of rotatable bonds is 9. The lowest BCUT2D eigenvalue weighted by atomic mass is 9.78. The smallest absolute Gasteiger partial charge is 0.225 e. The summed E-state index contributed by atoms with van der Waals surface area (Å²) in [7, 11) is 3.87. The Balaban J connectivity index is 2.18. The first-order chi connectivity index (χ1) is 10.4. The van der Waals surface area contributed by atoms with Crippen LogP contribution < -0.4 is 16.0 Å². The predicted molar refractivity (Wildman–Crippen MR) is 84.1 cm³/mol. The first kappa shape index (κ1) is 18.4. The fourth-order valence-electron chi connectivity index (χ4n) is 2.31. The van der Waals surface area contributed by atoms with Gasteiger partial charge in [0.1, 0.15) is 0 Å². The van der Waals surface area contributed by atoms with Crippen LogP contribution in [0, 0.1) is 5.92 Å². The molecule has 1 aliphatic rings. The number of carbonyl (C=O) groups is 3. The second kappa shape index (κ2) is 9.40. The van der Waals surface area contributed by atoms with Crippen LogP contribution in [-0.2, 0) is 14.4 Å². The minimum absolute atomic E-state index is 0.000443. The molecule has 0 aromatic heterocycles. The van der Waals surface area contributed by atoms with Gasteiger partial charge >= 0.3 is 0 Å². The Morgan fingerprint density at radius 3 is 2.27 bits per heavy atom. The number of carbonyl (C=O) groups excluding carboxylic acids is 3. The largest absolute Gasteiger partial charge is 0.356 e. The van der Waals surface area contributed by atoms with Crippen LogP contribution in [0.2, 0.25) is 0 Å². The highest BCUT2D eigenvalue weighted by molar-refractivity contribution is 5.85. The summed E-state index contributed by atoms with van der Waals surface area (Å²) in [6.07, 6.45) is 1.97. The average Bonchev–Trinajstić information content (AvgIpc) is 2.41. The van der Waals surface area contributed by atoms with Gasteiger partial charge in [-0.3, -0.25) is 14.4 Å². The minimum atomic E-state index is -0.165. The molecule has 1 aliphatic carbocycles. The summed E-state index contributed by atoms with van der Waals surface area (Å²) in [6, 6.07) is -0.0872. The quantitative estimate of drug-likeness (QED) is 0.534. The molecular weight excluding hydrogens is 284 g/mol. The molecule has 0 aliphatic heterocycles. The maximum absolute atomic E-state index is 11.8. The van der Waals surface area contributed by atoms with Crippen molar-refractivity contribution in [2.24, 2.45) is 5.92 Å². The Morgan fingerprint density at radius 1 is 1.05 bits per heavy atom. The van der Waals surface area contributed by atoms with E-state index in [9.17, 15) is 14.4 Å². The van der Waals surface area contributed by atoms with Crippen LogP contribution in [0.3, 0.4) is 0 Å². The number of hydrogen-bond donors (Lipinski definition) is 3. The fraction of sp³-hybridized carbons (Fsp3) is 0.800. The zero-order valence-corrected chi connectivity index (χ0v) is 13.8. The molecule has 0 radical (unpaired) electrons. The summed E-state index contributed by atoms with van der Waals surface area (Å²) in [5, 5.41) is 8.39. The molecule has 1 saturated carbocycles. The first-order valence-corrected chi connectivity index (χ1v) is 7.92. The summed E-state index contributed by atoms with van der Waals surface area (Å²) < 4.78 is 0. The van der Waals surface area contributed by atoms with Crippen molar-refractivity contribution in [1.29, 1.82) is 0 Å². The third kappa shape index (κ3) is 6.43. The van der Waals surface area contributed by atoms with E-state index in [0.29, 0.717) is 13.1 Å². The van der Waals surface area contributed by atoms with Crippen LogP contribution in [0.5, 0.6) is 0 Å². The molecule has 3 N–H and O–H groups in total. The maximum atomic E-state index is 11.8. The van der Waals surface area contributed by atoms with Gasteiger partial charge in [0.15, 0.2) is 0 Å². The number of likely N-dealkylation sites (N-methyl/N-ethyl adjacent to an activating group) is 1. The molecule has 0 spiro atoms. The maximum Gasteiger partial charge on any atom is 0.225 e. The lowest BCUT2D eigenvalue weighted by Crippen LogP contribution is -2.53. The van der Waals surface area contributed by atoms with Crippen molar-refractivity contribution in [3.63, 3.8) is 0 Å². The number of hydrogen-bond acceptors (Lipinski definition) is 4. The van der Waals surface area contributed by atoms with Crippen LogP contribution in [0.4, 0.5) is 0 Å². The van der Waals surface area contributed by atoms with E-state index in [-0.39, 0.29) is 42.5 Å². The van der Waals surface area contributed by atoms with Gasteiger partial charge in [0, 0.05) is 38.5 Å². The van der Waals surface area contributed by atoms with Crippen molar-refractivity contribution in [2.45, 2.75) is 38.6 Å². The summed E-state index contributed by atoms with van der Waals surface area (Å²) in [4.78, 5) is 37.1. The van der Waals surface area contributed by atoms with Crippen molar-refractivity contribution in [3.05, 3.63) is 0 Å². The molecule has 1 rings (SSSR count). The minimum Gasteiger partial charge on any atom is -0.356 e. The van der Waals surface area contributed by atoms with E-state index in [0.717, 1.165) is 19.4 Å². The molecule has 0 bridgehead atoms. The van der Waals surface area contributed by atoms with Crippen LogP contribution in [-0.4, -0.2) is 62.4 Å². The molecule has 0 aromatic rings. The lowest BCUT2D eigenvalue weighted by molar-refractivity contribution is -0.131. The third-order valence-corrected chi connectivity index (χ3v) is 3.77. The molecule has 126 valence electrons. The lowest BCUT2D eigenvalue weighted by Gasteiger charge is -2.35. The summed E-state index contributed by atoms with van der Waals surface area (Å²) in [6.45, 7) is 3.83. The van der Waals surface area contributed by atoms with Crippen LogP contribution in [0.1, 0.15) is 32.6 Å². The van der Waals surface area contributed by atoms with Gasteiger partial charge in [-0.05, 0) is 33.9 Å². The second-order valence-corrected chi connectivity index (χ2v) is 5.91. The van der Waals surface area contributed by atoms with Gasteiger partial charge in [0.05, 0.1) is 5.92 Å². The van der Waals surface area contributed by atoms with E-state index >= 15 is 0 Å². The Hall–Kier alpha value is -1.63. The average molecular weight is 312 g/mol. The zero-order chi connectivity index (χ0) is 16.5. The number of nitrogens with one attached hydrogen (secondary N) is 3. The molecule has 7 heteroatoms. The predicted octanol–water partition coefficient (Wildman–Crippen LogP) is -0.525. The van der Waals surface area contributed by atoms with Crippen LogP contribution >= 0.6 is 0 Å². The van der Waals surface area contributed by atoms with Crippen molar-refractivity contribution in [3.8, 4) is 0 Å². The van der Waals surface area contributed by atoms with E-state index in [2.05, 4.69) is 16.0 Å². The third-order valence-electron chi connectivity index (χ3n) is 3.77. The van der Waals surface area contributed by atoms with Crippen LogP contribution in [0.15, 0.2) is 0 Å². The monoisotopic (exact) mass is 312 g/mol. The highest BCUT2D eigenvalue weighted by atomic mass is 16.2. The highest BCUT2D eigenvalue weighted by Gasteiger charge is 2.37. The Morgan fingerprint density at radius 2 is 1.73 bits per heavy atom. The molecule has 2 atom stereocenters. The summed E-state index contributed by atoms with van der Waals surface area (Å²) in [5.41, 5.74) is 0. The van der Waals surface area contributed by atoms with E-state index < -0.39 is 0 Å². The van der Waals surface area contributed by atoms with Gasteiger partial charge in [-0.15, -0.1) is 0 Å². The van der Waals surface area contributed by atoms with Gasteiger partial charge in [-0.25, -0.2) is 0 Å². The molecular formula is C15H28N4O3. The fourth-order valence-corrected chi connectivity index (χ4v) is 2.31. The Labute approximate surface area is 132 Å². The van der Waals surface area contributed by atoms with Gasteiger partial charge in [-0.1, -0.05) is 0 Å². The molecule has 7 nitrogen and oxygen atoms in total. The van der Waals surface area contributed by atoms with E-state index in [1.54, 1.807) is 0 Å². The molecule has 2 unspecified atom stereocenters. The van der Waals surface area contributed by atoms with Crippen molar-refractivity contribution < 1.29 is 14.4 Å². The second-order valence-electron chi connectivity index (χ2n) is 5.91. The molecule has 0 aromatic carbocycles. The Kier molecular flexibility index (Phi) is 7.87. The van der Waals surface area contributed by atoms with Crippen molar-refractivity contribution in [1.82, 2.24) is 20.9 Å². The Bertz CT molecular complexity index is 398. The zero-order valence-electron chi connectivity index (χ0n) is 13.8. The van der Waals surface area contributed by atoms with Gasteiger partial charge in [0.2, 0.25) is 17.7 Å². The number of nitrogens with zero attached hydrogens (tertiary/aromatic N) is 1. The molecule has 0 saturated heterocycles. The standard InChI is InChI=1S/C15H28N4O3/c1-4-16-15(22)11-5-6-12(11)18-14(21)8-7-13(20)17-9-10-19(2)3/h11-12H,4-10H2,1-3H3,(H,16,22)(H,17,20)(H,18,21). The normalized spacial score (nSPS) is 20.2. The molecule has 0 heterocycles. The topological polar surface area (TPSA) is 90.5 Å². The van der Waals surface area contributed by atoms with E-state index in [1.165, 1.54) is 0 Å². The highest BCUT2D eigenvalue weighted by Crippen LogP contribution is 2.27. The molecule has 1 fully saturated rings. The van der Waals surface area contributed by atoms with E-state index in [4.69, 9.17) is 0 Å². The SMILES string of the molecule is CCNC(=O)C1CCC1NC(=O)CCC(=O)NCCN(C)C. The summed E-state index contributed by atoms with van der Waals surface area (Å²) in [5.74, 6) is -0.411. The van der Waals surface area contributed by atoms with Gasteiger partial charge in [0.25, 0.3) is 0 Å². The first-order valence-electron chi connectivity index (χ1n) is 7.92. The van der Waals surface area contributed by atoms with Gasteiger partial charge in [-0.2, -0.15) is 0 Å². The van der Waals surface area contributed by atoms with Crippen molar-refractivity contribution in [2.75, 3.05) is 33.7 Å². The number of amides is 3. The summed E-state index contributed by atoms with van der Waals surface area (Å²) >= 11 is 0.